The lowest BCUT2D eigenvalue weighted by Crippen LogP contribution is -2.00. The van der Waals surface area contributed by atoms with E-state index in [0.717, 1.165) is 35.5 Å². The van der Waals surface area contributed by atoms with E-state index in [4.69, 9.17) is 0 Å². The molecule has 3 rings (SSSR count). The lowest BCUT2D eigenvalue weighted by atomic mass is 10.2. The number of hydrogen-bond donors (Lipinski definition) is 1. The molecule has 0 saturated carbocycles. The summed E-state index contributed by atoms with van der Waals surface area (Å²) in [6.07, 6.45) is 2.77. The number of imidazole rings is 1. The van der Waals surface area contributed by atoms with Gasteiger partial charge in [-0.25, -0.2) is 9.97 Å². The second-order valence-electron chi connectivity index (χ2n) is 4.60. The van der Waals surface area contributed by atoms with Crippen molar-refractivity contribution in [2.75, 3.05) is 0 Å². The monoisotopic (exact) mass is 331 g/mol. The number of nitrogens with zero attached hydrogens (tertiary/aromatic N) is 3. The molecule has 0 spiro atoms. The standard InChI is InChI=1S/C15H14BrN3O/c1-2-8-19-14(10-5-6-11(16)13(20)9-10)18-12-4-3-7-17-15(12)19/h3-7,9,20H,2,8H2,1H3. The maximum atomic E-state index is 9.86. The molecule has 2 aromatic heterocycles. The Labute approximate surface area is 125 Å². The van der Waals surface area contributed by atoms with Crippen LogP contribution in [0.25, 0.3) is 22.6 Å². The zero-order valence-corrected chi connectivity index (χ0v) is 12.6. The summed E-state index contributed by atoms with van der Waals surface area (Å²) in [5, 5.41) is 9.86. The van der Waals surface area contributed by atoms with Crippen LogP contribution in [0.5, 0.6) is 5.75 Å². The van der Waals surface area contributed by atoms with Crippen LogP contribution in [0.4, 0.5) is 0 Å². The summed E-state index contributed by atoms with van der Waals surface area (Å²) in [6.45, 7) is 2.97. The first kappa shape index (κ1) is 13.1. The summed E-state index contributed by atoms with van der Waals surface area (Å²) >= 11 is 3.30. The van der Waals surface area contributed by atoms with Crippen molar-refractivity contribution in [3.8, 4) is 17.1 Å². The first-order chi connectivity index (χ1) is 9.70. The summed E-state index contributed by atoms with van der Waals surface area (Å²) in [5.41, 5.74) is 2.64. The Hall–Kier alpha value is -1.88. The fourth-order valence-electron chi connectivity index (χ4n) is 2.27. The molecule has 0 aliphatic carbocycles. The summed E-state index contributed by atoms with van der Waals surface area (Å²) in [7, 11) is 0. The van der Waals surface area contributed by atoms with Crippen LogP contribution in [0.1, 0.15) is 13.3 Å². The molecule has 4 nitrogen and oxygen atoms in total. The number of rotatable bonds is 3. The summed E-state index contributed by atoms with van der Waals surface area (Å²) < 4.78 is 2.77. The first-order valence-electron chi connectivity index (χ1n) is 6.51. The third kappa shape index (κ3) is 2.18. The molecule has 0 aliphatic rings. The van der Waals surface area contributed by atoms with Gasteiger partial charge in [-0.05, 0) is 52.7 Å². The van der Waals surface area contributed by atoms with Gasteiger partial charge in [0, 0.05) is 18.3 Å². The number of aromatic nitrogens is 3. The number of benzene rings is 1. The van der Waals surface area contributed by atoms with E-state index in [9.17, 15) is 5.11 Å². The minimum Gasteiger partial charge on any atom is -0.507 e. The second kappa shape index (κ2) is 5.25. The number of pyridine rings is 1. The number of hydrogen-bond acceptors (Lipinski definition) is 3. The molecule has 0 bridgehead atoms. The van der Waals surface area contributed by atoms with E-state index in [0.29, 0.717) is 4.47 Å². The van der Waals surface area contributed by atoms with E-state index in [2.05, 4.69) is 37.4 Å². The Morgan fingerprint density at radius 1 is 1.30 bits per heavy atom. The molecular formula is C15H14BrN3O. The number of phenolic OH excluding ortho intramolecular Hbond substituents is 1. The smallest absolute Gasteiger partial charge is 0.160 e. The minimum absolute atomic E-state index is 0.213. The number of fused-ring (bicyclic) bond motifs is 1. The van der Waals surface area contributed by atoms with Crippen molar-refractivity contribution in [2.45, 2.75) is 19.9 Å². The van der Waals surface area contributed by atoms with Crippen LogP contribution in [0.2, 0.25) is 0 Å². The molecule has 2 heterocycles. The van der Waals surface area contributed by atoms with Crippen molar-refractivity contribution < 1.29 is 5.11 Å². The lowest BCUT2D eigenvalue weighted by molar-refractivity contribution is 0.472. The highest BCUT2D eigenvalue weighted by Crippen LogP contribution is 2.31. The molecule has 3 aromatic rings. The van der Waals surface area contributed by atoms with E-state index < -0.39 is 0 Å². The zero-order valence-electron chi connectivity index (χ0n) is 11.0. The van der Waals surface area contributed by atoms with Gasteiger partial charge >= 0.3 is 0 Å². The summed E-state index contributed by atoms with van der Waals surface area (Å²) in [4.78, 5) is 9.06. The number of halogens is 1. The highest BCUT2D eigenvalue weighted by molar-refractivity contribution is 9.10. The molecule has 20 heavy (non-hydrogen) atoms. The van der Waals surface area contributed by atoms with Gasteiger partial charge in [0.25, 0.3) is 0 Å². The Morgan fingerprint density at radius 2 is 2.15 bits per heavy atom. The van der Waals surface area contributed by atoms with E-state index >= 15 is 0 Å². The van der Waals surface area contributed by atoms with Gasteiger partial charge in [0.15, 0.2) is 5.65 Å². The molecule has 5 heteroatoms. The highest BCUT2D eigenvalue weighted by Gasteiger charge is 2.13. The van der Waals surface area contributed by atoms with Gasteiger partial charge in [0.2, 0.25) is 0 Å². The van der Waals surface area contributed by atoms with Crippen molar-refractivity contribution in [2.24, 2.45) is 0 Å². The van der Waals surface area contributed by atoms with E-state index in [1.165, 1.54) is 0 Å². The van der Waals surface area contributed by atoms with Crippen LogP contribution in [-0.2, 0) is 6.54 Å². The predicted octanol–water partition coefficient (Wildman–Crippen LogP) is 3.98. The van der Waals surface area contributed by atoms with Gasteiger partial charge in [0.1, 0.15) is 17.1 Å². The quantitative estimate of drug-likeness (QED) is 0.789. The minimum atomic E-state index is 0.213. The molecule has 0 aliphatic heterocycles. The van der Waals surface area contributed by atoms with Gasteiger partial charge in [-0.1, -0.05) is 6.92 Å². The van der Waals surface area contributed by atoms with Crippen molar-refractivity contribution >= 4 is 27.1 Å². The van der Waals surface area contributed by atoms with Crippen molar-refractivity contribution in [3.63, 3.8) is 0 Å². The second-order valence-corrected chi connectivity index (χ2v) is 5.45. The Bertz CT molecular complexity index is 767. The van der Waals surface area contributed by atoms with Gasteiger partial charge in [0.05, 0.1) is 4.47 Å². The van der Waals surface area contributed by atoms with E-state index in [1.54, 1.807) is 12.3 Å². The fraction of sp³-hybridized carbons (Fsp3) is 0.200. The zero-order chi connectivity index (χ0) is 14.1. The van der Waals surface area contributed by atoms with Gasteiger partial charge in [-0.2, -0.15) is 0 Å². The Morgan fingerprint density at radius 3 is 2.90 bits per heavy atom. The van der Waals surface area contributed by atoms with Crippen molar-refractivity contribution in [1.82, 2.24) is 14.5 Å². The van der Waals surface area contributed by atoms with E-state index in [1.807, 2.05) is 24.3 Å². The molecule has 1 N–H and O–H groups in total. The van der Waals surface area contributed by atoms with Crippen molar-refractivity contribution in [1.29, 1.82) is 0 Å². The Balaban J connectivity index is 2.23. The van der Waals surface area contributed by atoms with E-state index in [-0.39, 0.29) is 5.75 Å². The van der Waals surface area contributed by atoms with Crippen LogP contribution in [-0.4, -0.2) is 19.6 Å². The maximum Gasteiger partial charge on any atom is 0.160 e. The molecule has 102 valence electrons. The molecule has 0 unspecified atom stereocenters. The van der Waals surface area contributed by atoms with Crippen LogP contribution in [0, 0.1) is 0 Å². The molecule has 0 fully saturated rings. The van der Waals surface area contributed by atoms with Gasteiger partial charge in [-0.15, -0.1) is 0 Å². The predicted molar refractivity (Wildman–Crippen MR) is 82.6 cm³/mol. The molecule has 0 atom stereocenters. The molecule has 0 amide bonds. The number of phenols is 1. The maximum absolute atomic E-state index is 9.86. The topological polar surface area (TPSA) is 50.9 Å². The largest absolute Gasteiger partial charge is 0.507 e. The number of aryl methyl sites for hydroxylation is 1. The van der Waals surface area contributed by atoms with Crippen molar-refractivity contribution in [3.05, 3.63) is 41.0 Å². The third-order valence-electron chi connectivity index (χ3n) is 3.16. The van der Waals surface area contributed by atoms with Crippen LogP contribution in [0.3, 0.4) is 0 Å². The van der Waals surface area contributed by atoms with Gasteiger partial charge in [-0.3, -0.25) is 0 Å². The highest BCUT2D eigenvalue weighted by atomic mass is 79.9. The number of aromatic hydroxyl groups is 1. The lowest BCUT2D eigenvalue weighted by Gasteiger charge is -2.08. The van der Waals surface area contributed by atoms with Gasteiger partial charge < -0.3 is 9.67 Å². The molecular weight excluding hydrogens is 318 g/mol. The van der Waals surface area contributed by atoms with Crippen LogP contribution >= 0.6 is 15.9 Å². The molecule has 1 aromatic carbocycles. The SMILES string of the molecule is CCCn1c(-c2ccc(Br)c(O)c2)nc2cccnc21. The van der Waals surface area contributed by atoms with Crippen LogP contribution in [0.15, 0.2) is 41.0 Å². The normalized spacial score (nSPS) is 11.1. The first-order valence-corrected chi connectivity index (χ1v) is 7.30. The van der Waals surface area contributed by atoms with Crippen LogP contribution < -0.4 is 0 Å². The molecule has 0 radical (unpaired) electrons. The third-order valence-corrected chi connectivity index (χ3v) is 3.83. The Kier molecular flexibility index (Phi) is 3.44. The average Bonchev–Trinajstić information content (AvgIpc) is 2.82. The summed E-state index contributed by atoms with van der Waals surface area (Å²) in [5.74, 6) is 1.05. The average molecular weight is 332 g/mol. The summed E-state index contributed by atoms with van der Waals surface area (Å²) in [6, 6.07) is 9.33. The fourth-order valence-corrected chi connectivity index (χ4v) is 2.51. The molecule has 0 saturated heterocycles.